The second-order valence-electron chi connectivity index (χ2n) is 6.19. The van der Waals surface area contributed by atoms with Crippen molar-refractivity contribution in [2.75, 3.05) is 6.61 Å². The Hall–Kier alpha value is -3.60. The Labute approximate surface area is 156 Å². The fourth-order valence-electron chi connectivity index (χ4n) is 3.18. The number of hydrogen-bond acceptors (Lipinski definition) is 3. The summed E-state index contributed by atoms with van der Waals surface area (Å²) in [4.78, 5) is 18.6. The third kappa shape index (κ3) is 3.53. The lowest BCUT2D eigenvalue weighted by Gasteiger charge is -2.08. The number of aromatic nitrogens is 2. The zero-order chi connectivity index (χ0) is 18.6. The molecule has 0 aliphatic heterocycles. The Kier molecular flexibility index (Phi) is 4.58. The molecule has 0 saturated carbocycles. The molecule has 0 aliphatic carbocycles. The Balaban J connectivity index is 1.57. The largest absolute Gasteiger partial charge is 0.493 e. The normalized spacial score (nSPS) is 10.8. The SMILES string of the molecule is O=C(O)c1ccc(OCCc2c(-c3cccnc3)[nH]c3ccccc23)cc1. The number of carboxylic acid groups (broad SMARTS) is 1. The first-order valence-corrected chi connectivity index (χ1v) is 8.68. The van der Waals surface area contributed by atoms with Gasteiger partial charge in [0.25, 0.3) is 0 Å². The van der Waals surface area contributed by atoms with E-state index in [1.165, 1.54) is 10.9 Å². The van der Waals surface area contributed by atoms with Crippen LogP contribution in [0.25, 0.3) is 22.2 Å². The Morgan fingerprint density at radius 1 is 1.04 bits per heavy atom. The monoisotopic (exact) mass is 358 g/mol. The van der Waals surface area contributed by atoms with Gasteiger partial charge in [-0.05, 0) is 48.0 Å². The molecule has 5 heteroatoms. The van der Waals surface area contributed by atoms with Gasteiger partial charge in [-0.15, -0.1) is 0 Å². The van der Waals surface area contributed by atoms with Crippen LogP contribution in [0.1, 0.15) is 15.9 Å². The molecule has 4 aromatic rings. The zero-order valence-electron chi connectivity index (χ0n) is 14.6. The van der Waals surface area contributed by atoms with Crippen molar-refractivity contribution >= 4 is 16.9 Å². The van der Waals surface area contributed by atoms with Crippen molar-refractivity contribution in [2.45, 2.75) is 6.42 Å². The smallest absolute Gasteiger partial charge is 0.335 e. The molecule has 0 bridgehead atoms. The lowest BCUT2D eigenvalue weighted by atomic mass is 10.0. The second kappa shape index (κ2) is 7.33. The Morgan fingerprint density at radius 3 is 2.59 bits per heavy atom. The van der Waals surface area contributed by atoms with Crippen molar-refractivity contribution in [3.05, 3.63) is 84.2 Å². The van der Waals surface area contributed by atoms with Crippen molar-refractivity contribution in [1.82, 2.24) is 9.97 Å². The van der Waals surface area contributed by atoms with Crippen LogP contribution < -0.4 is 4.74 Å². The van der Waals surface area contributed by atoms with E-state index in [0.29, 0.717) is 12.4 Å². The maximum absolute atomic E-state index is 10.9. The van der Waals surface area contributed by atoms with Gasteiger partial charge in [-0.1, -0.05) is 18.2 Å². The lowest BCUT2D eigenvalue weighted by molar-refractivity contribution is 0.0697. The summed E-state index contributed by atoms with van der Waals surface area (Å²) in [5.41, 5.74) is 4.60. The van der Waals surface area contributed by atoms with Gasteiger partial charge < -0.3 is 14.8 Å². The van der Waals surface area contributed by atoms with E-state index >= 15 is 0 Å². The number of rotatable bonds is 6. The van der Waals surface area contributed by atoms with Crippen LogP contribution in [0.15, 0.2) is 73.1 Å². The number of ether oxygens (including phenoxy) is 1. The number of nitrogens with zero attached hydrogens (tertiary/aromatic N) is 1. The van der Waals surface area contributed by atoms with Crippen molar-refractivity contribution in [2.24, 2.45) is 0 Å². The number of aromatic carboxylic acids is 1. The first-order valence-electron chi connectivity index (χ1n) is 8.68. The van der Waals surface area contributed by atoms with E-state index in [1.54, 1.807) is 30.5 Å². The summed E-state index contributed by atoms with van der Waals surface area (Å²) < 4.78 is 5.83. The summed E-state index contributed by atoms with van der Waals surface area (Å²) in [6.07, 6.45) is 4.32. The van der Waals surface area contributed by atoms with Crippen molar-refractivity contribution in [3.63, 3.8) is 0 Å². The molecular weight excluding hydrogens is 340 g/mol. The third-order valence-electron chi connectivity index (χ3n) is 4.49. The van der Waals surface area contributed by atoms with E-state index in [9.17, 15) is 4.79 Å². The minimum Gasteiger partial charge on any atom is -0.493 e. The number of hydrogen-bond donors (Lipinski definition) is 2. The average Bonchev–Trinajstić information content (AvgIpc) is 3.08. The molecule has 0 atom stereocenters. The van der Waals surface area contributed by atoms with E-state index in [0.717, 1.165) is 23.2 Å². The number of para-hydroxylation sites is 1. The van der Waals surface area contributed by atoms with Crippen LogP contribution in [0.2, 0.25) is 0 Å². The van der Waals surface area contributed by atoms with Gasteiger partial charge in [0.1, 0.15) is 5.75 Å². The molecule has 2 aromatic carbocycles. The summed E-state index contributed by atoms with van der Waals surface area (Å²) >= 11 is 0. The molecule has 2 aromatic heterocycles. The van der Waals surface area contributed by atoms with Gasteiger partial charge in [0, 0.05) is 35.3 Å². The van der Waals surface area contributed by atoms with Crippen LogP contribution in [0.5, 0.6) is 5.75 Å². The number of carboxylic acids is 1. The van der Waals surface area contributed by atoms with E-state index in [4.69, 9.17) is 9.84 Å². The fourth-order valence-corrected chi connectivity index (χ4v) is 3.18. The summed E-state index contributed by atoms with van der Waals surface area (Å²) in [5.74, 6) is -0.288. The molecule has 0 unspecified atom stereocenters. The number of benzene rings is 2. The van der Waals surface area contributed by atoms with E-state index in [-0.39, 0.29) is 5.56 Å². The molecule has 0 fully saturated rings. The standard InChI is InChI=1S/C22H18N2O3/c25-22(26)15-7-9-17(10-8-15)27-13-11-19-18-5-1-2-6-20(18)24-21(19)16-4-3-12-23-14-16/h1-10,12,14,24H,11,13H2,(H,25,26). The molecule has 0 radical (unpaired) electrons. The average molecular weight is 358 g/mol. The summed E-state index contributed by atoms with van der Waals surface area (Å²) in [6.45, 7) is 0.488. The van der Waals surface area contributed by atoms with E-state index in [2.05, 4.69) is 22.1 Å². The van der Waals surface area contributed by atoms with Gasteiger partial charge in [0.05, 0.1) is 17.9 Å². The molecule has 0 saturated heterocycles. The van der Waals surface area contributed by atoms with Crippen LogP contribution in [-0.4, -0.2) is 27.7 Å². The fraction of sp³-hybridized carbons (Fsp3) is 0.0909. The van der Waals surface area contributed by atoms with Gasteiger partial charge in [0.15, 0.2) is 0 Å². The Morgan fingerprint density at radius 2 is 1.85 bits per heavy atom. The summed E-state index contributed by atoms with van der Waals surface area (Å²) in [6, 6.07) is 18.6. The number of carbonyl (C=O) groups is 1. The molecule has 134 valence electrons. The highest BCUT2D eigenvalue weighted by Crippen LogP contribution is 2.30. The molecule has 0 spiro atoms. The highest BCUT2D eigenvalue weighted by Gasteiger charge is 2.13. The summed E-state index contributed by atoms with van der Waals surface area (Å²) in [7, 11) is 0. The van der Waals surface area contributed by atoms with Crippen LogP contribution in [-0.2, 0) is 6.42 Å². The predicted molar refractivity (Wildman–Crippen MR) is 104 cm³/mol. The first-order chi connectivity index (χ1) is 13.2. The molecule has 2 heterocycles. The van der Waals surface area contributed by atoms with Crippen molar-refractivity contribution in [1.29, 1.82) is 0 Å². The van der Waals surface area contributed by atoms with Crippen LogP contribution in [0.3, 0.4) is 0 Å². The second-order valence-corrected chi connectivity index (χ2v) is 6.19. The van der Waals surface area contributed by atoms with Crippen LogP contribution >= 0.6 is 0 Å². The van der Waals surface area contributed by atoms with Crippen LogP contribution in [0.4, 0.5) is 0 Å². The van der Waals surface area contributed by atoms with Crippen molar-refractivity contribution < 1.29 is 14.6 Å². The number of pyridine rings is 1. The molecule has 4 rings (SSSR count). The number of nitrogens with one attached hydrogen (secondary N) is 1. The molecule has 27 heavy (non-hydrogen) atoms. The van der Waals surface area contributed by atoms with Gasteiger partial charge in [-0.2, -0.15) is 0 Å². The van der Waals surface area contributed by atoms with Crippen LogP contribution in [0, 0.1) is 0 Å². The molecular formula is C22H18N2O3. The van der Waals surface area contributed by atoms with Crippen molar-refractivity contribution in [3.8, 4) is 17.0 Å². The quantitative estimate of drug-likeness (QED) is 0.530. The van der Waals surface area contributed by atoms with Gasteiger partial charge >= 0.3 is 5.97 Å². The number of H-pyrrole nitrogens is 1. The molecule has 0 aliphatic rings. The summed E-state index contributed by atoms with van der Waals surface area (Å²) in [5, 5.41) is 10.1. The topological polar surface area (TPSA) is 75.2 Å². The molecule has 0 amide bonds. The van der Waals surface area contributed by atoms with Gasteiger partial charge in [-0.3, -0.25) is 4.98 Å². The highest BCUT2D eigenvalue weighted by atomic mass is 16.5. The highest BCUT2D eigenvalue weighted by molar-refractivity contribution is 5.90. The maximum atomic E-state index is 10.9. The maximum Gasteiger partial charge on any atom is 0.335 e. The minimum atomic E-state index is -0.943. The number of fused-ring (bicyclic) bond motifs is 1. The minimum absolute atomic E-state index is 0.248. The van der Waals surface area contributed by atoms with E-state index < -0.39 is 5.97 Å². The van der Waals surface area contributed by atoms with E-state index in [1.807, 2.05) is 30.5 Å². The Bertz CT molecular complexity index is 1070. The number of aromatic amines is 1. The van der Waals surface area contributed by atoms with Gasteiger partial charge in [-0.25, -0.2) is 4.79 Å². The lowest BCUT2D eigenvalue weighted by Crippen LogP contribution is -2.03. The zero-order valence-corrected chi connectivity index (χ0v) is 14.6. The third-order valence-corrected chi connectivity index (χ3v) is 4.49. The molecule has 5 nitrogen and oxygen atoms in total. The molecule has 2 N–H and O–H groups in total. The predicted octanol–water partition coefficient (Wildman–Crippen LogP) is 4.55. The van der Waals surface area contributed by atoms with Gasteiger partial charge in [0.2, 0.25) is 0 Å². The first kappa shape index (κ1) is 16.8.